The molecule has 0 saturated carbocycles. The molecule has 0 aromatic rings. The van der Waals surface area contributed by atoms with Crippen molar-refractivity contribution in [2.75, 3.05) is 0 Å². The summed E-state index contributed by atoms with van der Waals surface area (Å²) in [7, 11) is 0. The topological polar surface area (TPSA) is 40.1 Å². The third-order valence-electron chi connectivity index (χ3n) is 1.62. The first-order chi connectivity index (χ1) is 5.88. The quantitative estimate of drug-likeness (QED) is 0.213. The molecule has 0 amide bonds. The van der Waals surface area contributed by atoms with Gasteiger partial charge in [-0.1, -0.05) is 30.4 Å². The SMILES string of the molecule is O=C/C(=C/[O-])C1=CC=CC=CC1.[Na+]. The van der Waals surface area contributed by atoms with E-state index in [1.165, 1.54) is 0 Å². The summed E-state index contributed by atoms with van der Waals surface area (Å²) in [5, 5.41) is 10.4. The summed E-state index contributed by atoms with van der Waals surface area (Å²) in [5.74, 6) is 0. The van der Waals surface area contributed by atoms with Crippen LogP contribution in [-0.4, -0.2) is 6.29 Å². The first-order valence-electron chi connectivity index (χ1n) is 3.68. The van der Waals surface area contributed by atoms with Crippen molar-refractivity contribution in [1.82, 2.24) is 0 Å². The number of carbonyl (C=O) groups excluding carboxylic acids is 1. The number of carbonyl (C=O) groups is 1. The zero-order valence-corrected chi connectivity index (χ0v) is 9.57. The standard InChI is InChI=1S/C10H10O2.Na/c11-7-10(8-12)9-5-3-1-2-4-6-9;/h1-5,7-8,11H,6H2;/q;+1/p-1/b10-7-;. The van der Waals surface area contributed by atoms with E-state index in [0.717, 1.165) is 5.57 Å². The fourth-order valence-electron chi connectivity index (χ4n) is 0.971. The van der Waals surface area contributed by atoms with Crippen molar-refractivity contribution in [2.45, 2.75) is 6.42 Å². The largest absolute Gasteiger partial charge is 1.00 e. The molecule has 0 saturated heterocycles. The number of rotatable bonds is 2. The van der Waals surface area contributed by atoms with Gasteiger partial charge in [-0.25, -0.2) is 0 Å². The molecular weight excluding hydrogens is 175 g/mol. The molecule has 0 spiro atoms. The molecule has 0 atom stereocenters. The maximum absolute atomic E-state index is 10.4. The summed E-state index contributed by atoms with van der Waals surface area (Å²) in [5.41, 5.74) is 0.996. The van der Waals surface area contributed by atoms with E-state index < -0.39 is 0 Å². The summed E-state index contributed by atoms with van der Waals surface area (Å²) in [6.45, 7) is 0. The molecule has 0 unspecified atom stereocenters. The van der Waals surface area contributed by atoms with Gasteiger partial charge in [0.2, 0.25) is 0 Å². The summed E-state index contributed by atoms with van der Waals surface area (Å²) < 4.78 is 0. The minimum Gasteiger partial charge on any atom is -0.877 e. The van der Waals surface area contributed by atoms with Crippen LogP contribution in [0.2, 0.25) is 0 Å². The molecule has 0 fully saturated rings. The average molecular weight is 184 g/mol. The first-order valence-corrected chi connectivity index (χ1v) is 3.68. The Morgan fingerprint density at radius 3 is 2.77 bits per heavy atom. The van der Waals surface area contributed by atoms with E-state index >= 15 is 0 Å². The predicted molar refractivity (Wildman–Crippen MR) is 45.1 cm³/mol. The molecule has 3 heteroatoms. The van der Waals surface area contributed by atoms with Crippen molar-refractivity contribution in [2.24, 2.45) is 0 Å². The van der Waals surface area contributed by atoms with Gasteiger partial charge < -0.3 is 5.11 Å². The van der Waals surface area contributed by atoms with Crippen molar-refractivity contribution < 1.29 is 39.5 Å². The van der Waals surface area contributed by atoms with E-state index in [2.05, 4.69) is 0 Å². The summed E-state index contributed by atoms with van der Waals surface area (Å²) >= 11 is 0. The molecule has 2 nitrogen and oxygen atoms in total. The predicted octanol–water partition coefficient (Wildman–Crippen LogP) is -2.12. The molecule has 1 rings (SSSR count). The third kappa shape index (κ3) is 3.77. The third-order valence-corrected chi connectivity index (χ3v) is 1.62. The second-order valence-electron chi connectivity index (χ2n) is 2.40. The Morgan fingerprint density at radius 2 is 2.15 bits per heavy atom. The van der Waals surface area contributed by atoms with Gasteiger partial charge in [0.25, 0.3) is 0 Å². The minimum absolute atomic E-state index is 0. The monoisotopic (exact) mass is 184 g/mol. The molecule has 0 radical (unpaired) electrons. The van der Waals surface area contributed by atoms with Crippen LogP contribution in [0.25, 0.3) is 0 Å². The van der Waals surface area contributed by atoms with Gasteiger partial charge in [0, 0.05) is 5.57 Å². The van der Waals surface area contributed by atoms with Gasteiger partial charge in [-0.05, 0) is 12.0 Å². The van der Waals surface area contributed by atoms with Gasteiger partial charge in [-0.3, -0.25) is 4.79 Å². The minimum atomic E-state index is 0. The van der Waals surface area contributed by atoms with E-state index in [9.17, 15) is 9.90 Å². The van der Waals surface area contributed by atoms with Crippen LogP contribution in [0.15, 0.2) is 47.8 Å². The van der Waals surface area contributed by atoms with Crippen LogP contribution in [0.3, 0.4) is 0 Å². The van der Waals surface area contributed by atoms with Gasteiger partial charge in [-0.2, -0.15) is 0 Å². The fraction of sp³-hybridized carbons (Fsp3) is 0.100. The molecule has 0 bridgehead atoms. The Bertz CT molecular complexity index is 285. The van der Waals surface area contributed by atoms with E-state index in [1.807, 2.05) is 24.3 Å². The summed E-state index contributed by atoms with van der Waals surface area (Å²) in [6.07, 6.45) is 11.1. The second kappa shape index (κ2) is 6.89. The maximum atomic E-state index is 10.4. The smallest absolute Gasteiger partial charge is 0.877 e. The van der Waals surface area contributed by atoms with Crippen molar-refractivity contribution in [3.05, 3.63) is 47.8 Å². The van der Waals surface area contributed by atoms with Crippen LogP contribution in [0, 0.1) is 0 Å². The second-order valence-corrected chi connectivity index (χ2v) is 2.40. The zero-order valence-electron chi connectivity index (χ0n) is 7.57. The average Bonchev–Trinajstić information content (AvgIpc) is 2.35. The van der Waals surface area contributed by atoms with Crippen LogP contribution in [0.5, 0.6) is 0 Å². The van der Waals surface area contributed by atoms with Gasteiger partial charge in [0.05, 0.1) is 0 Å². The summed E-state index contributed by atoms with van der Waals surface area (Å²) in [6, 6.07) is 0. The van der Waals surface area contributed by atoms with Crippen LogP contribution < -0.4 is 34.7 Å². The molecule has 1 aliphatic rings. The Morgan fingerprint density at radius 1 is 1.38 bits per heavy atom. The van der Waals surface area contributed by atoms with Gasteiger partial charge in [0.1, 0.15) is 6.29 Å². The fourth-order valence-corrected chi connectivity index (χ4v) is 0.971. The van der Waals surface area contributed by atoms with Crippen LogP contribution in [0.1, 0.15) is 6.42 Å². The number of allylic oxidation sites excluding steroid dienone is 7. The Balaban J connectivity index is 0.00000144. The summed E-state index contributed by atoms with van der Waals surface area (Å²) in [4.78, 5) is 10.4. The van der Waals surface area contributed by atoms with Gasteiger partial charge in [-0.15, -0.1) is 6.26 Å². The van der Waals surface area contributed by atoms with Crippen LogP contribution in [0.4, 0.5) is 0 Å². The van der Waals surface area contributed by atoms with E-state index in [1.54, 1.807) is 6.08 Å². The van der Waals surface area contributed by atoms with E-state index in [-0.39, 0.29) is 35.1 Å². The normalized spacial score (nSPS) is 15.7. The van der Waals surface area contributed by atoms with Crippen LogP contribution >= 0.6 is 0 Å². The van der Waals surface area contributed by atoms with E-state index in [0.29, 0.717) is 19.0 Å². The van der Waals surface area contributed by atoms with Gasteiger partial charge >= 0.3 is 29.6 Å². The molecule has 1 aliphatic carbocycles. The molecule has 13 heavy (non-hydrogen) atoms. The number of aldehydes is 1. The molecular formula is C10H9NaO2. The molecule has 0 aromatic carbocycles. The van der Waals surface area contributed by atoms with Crippen molar-refractivity contribution in [1.29, 1.82) is 0 Å². The first kappa shape index (κ1) is 12.4. The van der Waals surface area contributed by atoms with Crippen molar-refractivity contribution in [3.8, 4) is 0 Å². The number of hydrogen-bond acceptors (Lipinski definition) is 2. The number of hydrogen-bond donors (Lipinski definition) is 0. The van der Waals surface area contributed by atoms with Crippen LogP contribution in [-0.2, 0) is 4.79 Å². The van der Waals surface area contributed by atoms with Gasteiger partial charge in [0.15, 0.2) is 0 Å². The molecule has 62 valence electrons. The van der Waals surface area contributed by atoms with Crippen molar-refractivity contribution in [3.63, 3.8) is 0 Å². The molecule has 0 heterocycles. The van der Waals surface area contributed by atoms with E-state index in [4.69, 9.17) is 0 Å². The molecule has 0 N–H and O–H groups in total. The maximum Gasteiger partial charge on any atom is 1.00 e. The zero-order chi connectivity index (χ0) is 8.81. The van der Waals surface area contributed by atoms with Crippen molar-refractivity contribution >= 4 is 6.29 Å². The Kier molecular flexibility index (Phi) is 6.59. The molecule has 0 aliphatic heterocycles. The molecule has 0 aromatic heterocycles. The Labute approximate surface area is 99.6 Å². The Hall–Kier alpha value is -0.570.